The van der Waals surface area contributed by atoms with Gasteiger partial charge in [0.25, 0.3) is 0 Å². The van der Waals surface area contributed by atoms with Gasteiger partial charge in [0.2, 0.25) is 0 Å². The SMILES string of the molecule is Clc1ccccc1Cn1cc(Br)cn1. The average Bonchev–Trinajstić information content (AvgIpc) is 2.56. The van der Waals surface area contributed by atoms with Gasteiger partial charge in [0.15, 0.2) is 0 Å². The van der Waals surface area contributed by atoms with E-state index in [2.05, 4.69) is 21.0 Å². The van der Waals surface area contributed by atoms with Crippen LogP contribution in [0.5, 0.6) is 0 Å². The molecule has 1 aromatic carbocycles. The molecule has 0 N–H and O–H groups in total. The second kappa shape index (κ2) is 4.15. The highest BCUT2D eigenvalue weighted by Crippen LogP contribution is 2.16. The fourth-order valence-electron chi connectivity index (χ4n) is 1.23. The van der Waals surface area contributed by atoms with Gasteiger partial charge in [-0.25, -0.2) is 0 Å². The van der Waals surface area contributed by atoms with E-state index in [1.807, 2.05) is 35.1 Å². The van der Waals surface area contributed by atoms with E-state index in [0.717, 1.165) is 15.1 Å². The Kier molecular flexibility index (Phi) is 2.89. The number of rotatable bonds is 2. The number of halogens is 2. The fourth-order valence-corrected chi connectivity index (χ4v) is 1.75. The lowest BCUT2D eigenvalue weighted by Crippen LogP contribution is -1.99. The smallest absolute Gasteiger partial charge is 0.0674 e. The molecule has 72 valence electrons. The molecule has 0 atom stereocenters. The van der Waals surface area contributed by atoms with Crippen molar-refractivity contribution in [2.45, 2.75) is 6.54 Å². The first-order chi connectivity index (χ1) is 6.75. The van der Waals surface area contributed by atoms with E-state index in [4.69, 9.17) is 11.6 Å². The highest BCUT2D eigenvalue weighted by Gasteiger charge is 2.00. The van der Waals surface area contributed by atoms with Gasteiger partial charge in [0, 0.05) is 11.2 Å². The van der Waals surface area contributed by atoms with E-state index >= 15 is 0 Å². The molecule has 0 fully saturated rings. The van der Waals surface area contributed by atoms with Crippen LogP contribution < -0.4 is 0 Å². The van der Waals surface area contributed by atoms with Crippen LogP contribution >= 0.6 is 27.5 Å². The first-order valence-corrected chi connectivity index (χ1v) is 5.34. The summed E-state index contributed by atoms with van der Waals surface area (Å²) < 4.78 is 2.82. The first-order valence-electron chi connectivity index (χ1n) is 4.17. The van der Waals surface area contributed by atoms with Crippen molar-refractivity contribution in [3.05, 3.63) is 51.7 Å². The van der Waals surface area contributed by atoms with Gasteiger partial charge in [-0.2, -0.15) is 5.10 Å². The Morgan fingerprint density at radius 1 is 1.36 bits per heavy atom. The molecule has 0 radical (unpaired) electrons. The van der Waals surface area contributed by atoms with Crippen molar-refractivity contribution in [1.82, 2.24) is 9.78 Å². The second-order valence-corrected chi connectivity index (χ2v) is 4.27. The summed E-state index contributed by atoms with van der Waals surface area (Å²) in [5, 5.41) is 4.94. The van der Waals surface area contributed by atoms with Crippen molar-refractivity contribution < 1.29 is 0 Å². The van der Waals surface area contributed by atoms with Gasteiger partial charge in [-0.3, -0.25) is 4.68 Å². The van der Waals surface area contributed by atoms with Crippen molar-refractivity contribution in [1.29, 1.82) is 0 Å². The molecule has 2 nitrogen and oxygen atoms in total. The molecule has 14 heavy (non-hydrogen) atoms. The van der Waals surface area contributed by atoms with E-state index in [1.54, 1.807) is 6.20 Å². The van der Waals surface area contributed by atoms with Gasteiger partial charge < -0.3 is 0 Å². The Bertz CT molecular complexity index is 439. The zero-order chi connectivity index (χ0) is 9.97. The maximum Gasteiger partial charge on any atom is 0.0674 e. The number of nitrogens with zero attached hydrogens (tertiary/aromatic N) is 2. The lowest BCUT2D eigenvalue weighted by atomic mass is 10.2. The zero-order valence-corrected chi connectivity index (χ0v) is 9.66. The van der Waals surface area contributed by atoms with Gasteiger partial charge in [0.05, 0.1) is 17.2 Å². The third kappa shape index (κ3) is 2.16. The first kappa shape index (κ1) is 9.74. The van der Waals surface area contributed by atoms with Crippen molar-refractivity contribution in [3.8, 4) is 0 Å². The molecule has 0 aliphatic carbocycles. The fraction of sp³-hybridized carbons (Fsp3) is 0.100. The standard InChI is InChI=1S/C10H8BrClN2/c11-9-5-13-14(7-9)6-8-3-1-2-4-10(8)12/h1-5,7H,6H2. The lowest BCUT2D eigenvalue weighted by Gasteiger charge is -2.03. The highest BCUT2D eigenvalue weighted by molar-refractivity contribution is 9.10. The molecule has 4 heteroatoms. The number of hydrogen-bond donors (Lipinski definition) is 0. The van der Waals surface area contributed by atoms with Crippen LogP contribution in [0.4, 0.5) is 0 Å². The third-order valence-electron chi connectivity index (χ3n) is 1.89. The molecule has 0 spiro atoms. The molecule has 0 aliphatic heterocycles. The normalized spacial score (nSPS) is 10.4. The Hall–Kier alpha value is -0.800. The molecule has 0 bridgehead atoms. The number of aromatic nitrogens is 2. The summed E-state index contributed by atoms with van der Waals surface area (Å²) >= 11 is 9.38. The molecule has 1 aromatic heterocycles. The van der Waals surface area contributed by atoms with Gasteiger partial charge >= 0.3 is 0 Å². The second-order valence-electron chi connectivity index (χ2n) is 2.95. The minimum absolute atomic E-state index is 0.700. The Balaban J connectivity index is 2.23. The van der Waals surface area contributed by atoms with Crippen LogP contribution in [0.3, 0.4) is 0 Å². The molecule has 0 saturated carbocycles. The van der Waals surface area contributed by atoms with Crippen LogP contribution in [-0.2, 0) is 6.54 Å². The summed E-state index contributed by atoms with van der Waals surface area (Å²) in [5.74, 6) is 0. The van der Waals surface area contributed by atoms with Crippen LogP contribution in [-0.4, -0.2) is 9.78 Å². The van der Waals surface area contributed by atoms with Crippen molar-refractivity contribution in [2.75, 3.05) is 0 Å². The van der Waals surface area contributed by atoms with E-state index < -0.39 is 0 Å². The lowest BCUT2D eigenvalue weighted by molar-refractivity contribution is 0.687. The van der Waals surface area contributed by atoms with Crippen molar-refractivity contribution in [2.24, 2.45) is 0 Å². The summed E-state index contributed by atoms with van der Waals surface area (Å²) in [4.78, 5) is 0. The molecule has 1 heterocycles. The minimum atomic E-state index is 0.700. The van der Waals surface area contributed by atoms with Crippen molar-refractivity contribution >= 4 is 27.5 Å². The summed E-state index contributed by atoms with van der Waals surface area (Å²) in [7, 11) is 0. The molecule has 0 aliphatic rings. The van der Waals surface area contributed by atoms with Crippen LogP contribution in [0.2, 0.25) is 5.02 Å². The number of hydrogen-bond acceptors (Lipinski definition) is 1. The van der Waals surface area contributed by atoms with Crippen LogP contribution in [0, 0.1) is 0 Å². The molecule has 0 amide bonds. The predicted molar refractivity (Wildman–Crippen MR) is 60.5 cm³/mol. The van der Waals surface area contributed by atoms with E-state index in [9.17, 15) is 0 Å². The number of benzene rings is 1. The monoisotopic (exact) mass is 270 g/mol. The maximum absolute atomic E-state index is 6.03. The highest BCUT2D eigenvalue weighted by atomic mass is 79.9. The Morgan fingerprint density at radius 2 is 2.14 bits per heavy atom. The van der Waals surface area contributed by atoms with E-state index in [-0.39, 0.29) is 0 Å². The van der Waals surface area contributed by atoms with E-state index in [0.29, 0.717) is 6.54 Å². The van der Waals surface area contributed by atoms with Gasteiger partial charge in [0.1, 0.15) is 0 Å². The quantitative estimate of drug-likeness (QED) is 0.819. The molecular weight excluding hydrogens is 263 g/mol. The van der Waals surface area contributed by atoms with Crippen LogP contribution in [0.15, 0.2) is 41.1 Å². The van der Waals surface area contributed by atoms with E-state index in [1.165, 1.54) is 0 Å². The minimum Gasteiger partial charge on any atom is -0.267 e. The van der Waals surface area contributed by atoms with Gasteiger partial charge in [-0.05, 0) is 27.6 Å². The third-order valence-corrected chi connectivity index (χ3v) is 2.67. The van der Waals surface area contributed by atoms with Gasteiger partial charge in [-0.1, -0.05) is 29.8 Å². The summed E-state index contributed by atoms with van der Waals surface area (Å²) in [6.07, 6.45) is 3.68. The molecule has 0 saturated heterocycles. The maximum atomic E-state index is 6.03. The average molecular weight is 272 g/mol. The zero-order valence-electron chi connectivity index (χ0n) is 7.32. The topological polar surface area (TPSA) is 17.8 Å². The molecule has 2 aromatic rings. The summed E-state index contributed by atoms with van der Waals surface area (Å²) in [6.45, 7) is 0.700. The molecular formula is C10H8BrClN2. The summed E-state index contributed by atoms with van der Waals surface area (Å²) in [6, 6.07) is 7.78. The Labute approximate surface area is 95.6 Å². The Morgan fingerprint density at radius 3 is 2.79 bits per heavy atom. The molecule has 0 unspecified atom stereocenters. The van der Waals surface area contributed by atoms with Crippen LogP contribution in [0.1, 0.15) is 5.56 Å². The predicted octanol–water partition coefficient (Wildman–Crippen LogP) is 3.35. The molecule has 2 rings (SSSR count). The van der Waals surface area contributed by atoms with Crippen molar-refractivity contribution in [3.63, 3.8) is 0 Å². The summed E-state index contributed by atoms with van der Waals surface area (Å²) in [5.41, 5.74) is 1.07. The van der Waals surface area contributed by atoms with Crippen LogP contribution in [0.25, 0.3) is 0 Å². The van der Waals surface area contributed by atoms with Gasteiger partial charge in [-0.15, -0.1) is 0 Å². The largest absolute Gasteiger partial charge is 0.267 e.